The van der Waals surface area contributed by atoms with E-state index in [-0.39, 0.29) is 6.54 Å². The molecule has 0 fully saturated rings. The average Bonchev–Trinajstić information content (AvgIpc) is 2.30. The van der Waals surface area contributed by atoms with Crippen LogP contribution in [0.5, 0.6) is 0 Å². The van der Waals surface area contributed by atoms with Gasteiger partial charge in [0.15, 0.2) is 5.60 Å². The highest BCUT2D eigenvalue weighted by molar-refractivity contribution is 5.78. The second kappa shape index (κ2) is 5.75. The summed E-state index contributed by atoms with van der Waals surface area (Å²) in [5, 5.41) is 12.8. The first kappa shape index (κ1) is 13.6. The van der Waals surface area contributed by atoms with Gasteiger partial charge in [0.1, 0.15) is 0 Å². The zero-order valence-corrected chi connectivity index (χ0v) is 10.4. The number of rotatable bonds is 5. The average molecular weight is 238 g/mol. The quantitative estimate of drug-likeness (QED) is 0.727. The molecular formula is C12H18N2O3. The van der Waals surface area contributed by atoms with Crippen LogP contribution in [0.2, 0.25) is 0 Å². The number of hydrogen-bond donors (Lipinski definition) is 2. The third-order valence-electron chi connectivity index (χ3n) is 2.56. The Balaban J connectivity index is 2.48. The number of aliphatic hydroxyl groups is 1. The van der Waals surface area contributed by atoms with Crippen molar-refractivity contribution in [2.45, 2.75) is 26.0 Å². The summed E-state index contributed by atoms with van der Waals surface area (Å²) >= 11 is 0. The number of nitrogens with one attached hydrogen (secondary N) is 1. The zero-order chi connectivity index (χ0) is 12.9. The highest BCUT2D eigenvalue weighted by Gasteiger charge is 2.30. The van der Waals surface area contributed by atoms with Crippen LogP contribution in [0.3, 0.4) is 0 Å². The van der Waals surface area contributed by atoms with Crippen LogP contribution in [-0.2, 0) is 16.1 Å². The molecule has 0 aliphatic heterocycles. The Kier molecular flexibility index (Phi) is 4.60. The monoisotopic (exact) mass is 238 g/mol. The summed E-state index contributed by atoms with van der Waals surface area (Å²) < 4.78 is 4.50. The molecule has 0 radical (unpaired) electrons. The molecule has 0 amide bonds. The zero-order valence-electron chi connectivity index (χ0n) is 10.4. The van der Waals surface area contributed by atoms with E-state index in [9.17, 15) is 9.90 Å². The van der Waals surface area contributed by atoms with Crippen LogP contribution < -0.4 is 5.32 Å². The van der Waals surface area contributed by atoms with Crippen LogP contribution in [0.4, 0.5) is 0 Å². The van der Waals surface area contributed by atoms with E-state index in [0.717, 1.165) is 11.1 Å². The van der Waals surface area contributed by atoms with Gasteiger partial charge in [0, 0.05) is 25.5 Å². The molecule has 0 saturated carbocycles. The molecule has 5 nitrogen and oxygen atoms in total. The van der Waals surface area contributed by atoms with Crippen molar-refractivity contribution in [1.29, 1.82) is 0 Å². The maximum Gasteiger partial charge on any atom is 0.338 e. The molecule has 94 valence electrons. The SMILES string of the molecule is COC(=O)C(C)(O)CNCc1cnccc1C. The van der Waals surface area contributed by atoms with Crippen molar-refractivity contribution < 1.29 is 14.6 Å². The van der Waals surface area contributed by atoms with Gasteiger partial charge >= 0.3 is 5.97 Å². The lowest BCUT2D eigenvalue weighted by molar-refractivity contribution is -0.159. The molecule has 0 aliphatic carbocycles. The van der Waals surface area contributed by atoms with Crippen LogP contribution in [0.25, 0.3) is 0 Å². The van der Waals surface area contributed by atoms with Gasteiger partial charge in [0.05, 0.1) is 7.11 Å². The van der Waals surface area contributed by atoms with Crippen molar-refractivity contribution in [3.05, 3.63) is 29.6 Å². The van der Waals surface area contributed by atoms with Crippen LogP contribution in [0.15, 0.2) is 18.5 Å². The van der Waals surface area contributed by atoms with Gasteiger partial charge in [-0.25, -0.2) is 4.79 Å². The molecule has 1 rings (SSSR count). The summed E-state index contributed by atoms with van der Waals surface area (Å²) in [7, 11) is 1.25. The minimum Gasteiger partial charge on any atom is -0.467 e. The molecular weight excluding hydrogens is 220 g/mol. The van der Waals surface area contributed by atoms with E-state index in [1.807, 2.05) is 13.0 Å². The molecule has 1 atom stereocenters. The van der Waals surface area contributed by atoms with E-state index in [2.05, 4.69) is 15.0 Å². The Bertz CT molecular complexity index is 391. The Labute approximate surface area is 101 Å². The molecule has 0 saturated heterocycles. The normalized spacial score (nSPS) is 14.1. The molecule has 1 heterocycles. The summed E-state index contributed by atoms with van der Waals surface area (Å²) in [5.74, 6) is -0.645. The first-order valence-electron chi connectivity index (χ1n) is 5.38. The Morgan fingerprint density at radius 1 is 1.65 bits per heavy atom. The number of carbonyl (C=O) groups is 1. The fraction of sp³-hybridized carbons (Fsp3) is 0.500. The van der Waals surface area contributed by atoms with Gasteiger partial charge in [0.25, 0.3) is 0 Å². The predicted octanol–water partition coefficient (Wildman–Crippen LogP) is 0.404. The van der Waals surface area contributed by atoms with Crippen molar-refractivity contribution in [3.8, 4) is 0 Å². The highest BCUT2D eigenvalue weighted by atomic mass is 16.5. The summed E-state index contributed by atoms with van der Waals surface area (Å²) in [4.78, 5) is 15.2. The topological polar surface area (TPSA) is 71.5 Å². The number of carbonyl (C=O) groups excluding carboxylic acids is 1. The number of pyridine rings is 1. The van der Waals surface area contributed by atoms with Crippen molar-refractivity contribution in [1.82, 2.24) is 10.3 Å². The Morgan fingerprint density at radius 3 is 2.94 bits per heavy atom. The first-order chi connectivity index (χ1) is 7.97. The van der Waals surface area contributed by atoms with Gasteiger partial charge in [-0.05, 0) is 31.0 Å². The van der Waals surface area contributed by atoms with E-state index in [0.29, 0.717) is 6.54 Å². The smallest absolute Gasteiger partial charge is 0.338 e. The van der Waals surface area contributed by atoms with Crippen molar-refractivity contribution in [3.63, 3.8) is 0 Å². The second-order valence-electron chi connectivity index (χ2n) is 4.17. The van der Waals surface area contributed by atoms with Gasteiger partial charge in [-0.15, -0.1) is 0 Å². The number of methoxy groups -OCH3 is 1. The molecule has 17 heavy (non-hydrogen) atoms. The van der Waals surface area contributed by atoms with Gasteiger partial charge in [-0.2, -0.15) is 0 Å². The third-order valence-corrected chi connectivity index (χ3v) is 2.56. The Hall–Kier alpha value is -1.46. The molecule has 0 spiro atoms. The molecule has 0 bridgehead atoms. The molecule has 1 aromatic rings. The van der Waals surface area contributed by atoms with Crippen LogP contribution in [0, 0.1) is 6.92 Å². The summed E-state index contributed by atoms with van der Waals surface area (Å²) in [6.45, 7) is 4.08. The number of aryl methyl sites for hydroxylation is 1. The number of ether oxygens (including phenoxy) is 1. The lowest BCUT2D eigenvalue weighted by atomic mass is 10.1. The molecule has 0 aliphatic rings. The third kappa shape index (κ3) is 3.80. The maximum atomic E-state index is 11.2. The number of nitrogens with zero attached hydrogens (tertiary/aromatic N) is 1. The second-order valence-corrected chi connectivity index (χ2v) is 4.17. The number of hydrogen-bond acceptors (Lipinski definition) is 5. The first-order valence-corrected chi connectivity index (χ1v) is 5.38. The predicted molar refractivity (Wildman–Crippen MR) is 63.3 cm³/mol. The molecule has 0 aromatic carbocycles. The Morgan fingerprint density at radius 2 is 2.35 bits per heavy atom. The van der Waals surface area contributed by atoms with Gasteiger partial charge in [-0.3, -0.25) is 4.98 Å². The minimum absolute atomic E-state index is 0.133. The van der Waals surface area contributed by atoms with E-state index in [1.165, 1.54) is 14.0 Å². The van der Waals surface area contributed by atoms with Gasteiger partial charge < -0.3 is 15.2 Å². The van der Waals surface area contributed by atoms with Crippen molar-refractivity contribution in [2.24, 2.45) is 0 Å². The van der Waals surface area contributed by atoms with Gasteiger partial charge in [-0.1, -0.05) is 0 Å². The fourth-order valence-electron chi connectivity index (χ4n) is 1.41. The van der Waals surface area contributed by atoms with Crippen molar-refractivity contribution in [2.75, 3.05) is 13.7 Å². The van der Waals surface area contributed by atoms with Crippen LogP contribution in [-0.4, -0.2) is 35.3 Å². The van der Waals surface area contributed by atoms with Crippen molar-refractivity contribution >= 4 is 5.97 Å². The standard InChI is InChI=1S/C12H18N2O3/c1-9-4-5-13-6-10(9)7-14-8-12(2,16)11(15)17-3/h4-6,14,16H,7-8H2,1-3H3. The lowest BCUT2D eigenvalue weighted by Gasteiger charge is -2.20. The molecule has 5 heteroatoms. The fourth-order valence-corrected chi connectivity index (χ4v) is 1.41. The molecule has 1 unspecified atom stereocenters. The largest absolute Gasteiger partial charge is 0.467 e. The molecule has 2 N–H and O–H groups in total. The lowest BCUT2D eigenvalue weighted by Crippen LogP contribution is -2.45. The van der Waals surface area contributed by atoms with Crippen LogP contribution in [0.1, 0.15) is 18.1 Å². The summed E-state index contributed by atoms with van der Waals surface area (Å²) in [6, 6.07) is 1.91. The highest BCUT2D eigenvalue weighted by Crippen LogP contribution is 2.07. The van der Waals surface area contributed by atoms with Gasteiger partial charge in [0.2, 0.25) is 0 Å². The number of esters is 1. The van der Waals surface area contributed by atoms with E-state index in [1.54, 1.807) is 12.4 Å². The summed E-state index contributed by atoms with van der Waals surface area (Å²) in [6.07, 6.45) is 3.48. The minimum atomic E-state index is -1.51. The summed E-state index contributed by atoms with van der Waals surface area (Å²) in [5.41, 5.74) is 0.642. The molecule has 1 aromatic heterocycles. The van der Waals surface area contributed by atoms with E-state index < -0.39 is 11.6 Å². The van der Waals surface area contributed by atoms with Crippen LogP contribution >= 0.6 is 0 Å². The maximum absolute atomic E-state index is 11.2. The van der Waals surface area contributed by atoms with E-state index >= 15 is 0 Å². The number of aromatic nitrogens is 1. The van der Waals surface area contributed by atoms with E-state index in [4.69, 9.17) is 0 Å².